The lowest BCUT2D eigenvalue weighted by Gasteiger charge is -2.29. The summed E-state index contributed by atoms with van der Waals surface area (Å²) in [5, 5.41) is 9.60. The van der Waals surface area contributed by atoms with Gasteiger partial charge < -0.3 is 24.1 Å². The van der Waals surface area contributed by atoms with Crippen molar-refractivity contribution in [2.45, 2.75) is 57.5 Å². The van der Waals surface area contributed by atoms with Crippen molar-refractivity contribution in [2.75, 3.05) is 26.4 Å². The van der Waals surface area contributed by atoms with E-state index in [0.717, 1.165) is 35.1 Å². The zero-order valence-corrected chi connectivity index (χ0v) is 28.1. The molecule has 4 unspecified atom stereocenters. The molecule has 0 bridgehead atoms. The number of allylic oxidation sites excluding steroid dienone is 1. The van der Waals surface area contributed by atoms with Gasteiger partial charge in [-0.3, -0.25) is 19.2 Å². The van der Waals surface area contributed by atoms with Crippen LogP contribution in [0.4, 0.5) is 4.79 Å². The van der Waals surface area contributed by atoms with Crippen molar-refractivity contribution in [3.05, 3.63) is 120 Å². The molecule has 3 aromatic carbocycles. The molecular weight excluding hydrogens is 642 g/mol. The van der Waals surface area contributed by atoms with Gasteiger partial charge in [0.05, 0.1) is 31.8 Å². The Hall–Kier alpha value is -4.97. The van der Waals surface area contributed by atoms with Crippen LogP contribution in [0.2, 0.25) is 0 Å². The van der Waals surface area contributed by atoms with E-state index in [1.54, 1.807) is 30.3 Å². The number of esters is 1. The average molecular weight is 686 g/mol. The minimum Gasteiger partial charge on any atom is -0.453 e. The van der Waals surface area contributed by atoms with Gasteiger partial charge in [-0.05, 0) is 48.1 Å². The number of nitrogens with zero attached hydrogens (tertiary/aromatic N) is 1. The summed E-state index contributed by atoms with van der Waals surface area (Å²) < 4.78 is 22.0. The smallest absolute Gasteiger partial charge is 0.416 e. The first kappa shape index (κ1) is 37.8. The fraction of sp³-hybridized carbons (Fsp3) is 0.359. The van der Waals surface area contributed by atoms with Crippen molar-refractivity contribution in [1.29, 1.82) is 0 Å². The van der Waals surface area contributed by atoms with Crippen molar-refractivity contribution < 1.29 is 48.0 Å². The van der Waals surface area contributed by atoms with Gasteiger partial charge in [-0.15, -0.1) is 0 Å². The molecule has 0 radical (unpaired) electrons. The van der Waals surface area contributed by atoms with Gasteiger partial charge >= 0.3 is 12.1 Å². The minimum absolute atomic E-state index is 0.0196. The van der Waals surface area contributed by atoms with E-state index in [0.29, 0.717) is 25.0 Å². The Labute approximate surface area is 291 Å². The molecular formula is C39H43NO10. The van der Waals surface area contributed by atoms with Crippen molar-refractivity contribution in [3.8, 4) is 0 Å². The fourth-order valence-corrected chi connectivity index (χ4v) is 5.51. The molecule has 1 N–H and O–H groups in total. The van der Waals surface area contributed by atoms with E-state index in [1.807, 2.05) is 60.7 Å². The number of cyclic esters (lactones) is 1. The summed E-state index contributed by atoms with van der Waals surface area (Å²) >= 11 is 0. The predicted octanol–water partition coefficient (Wildman–Crippen LogP) is 4.44. The van der Waals surface area contributed by atoms with E-state index >= 15 is 0 Å². The zero-order chi connectivity index (χ0) is 35.7. The van der Waals surface area contributed by atoms with E-state index in [1.165, 1.54) is 0 Å². The third-order valence-electron chi connectivity index (χ3n) is 8.05. The van der Waals surface area contributed by atoms with E-state index in [2.05, 4.69) is 0 Å². The van der Waals surface area contributed by atoms with Crippen molar-refractivity contribution in [1.82, 2.24) is 4.90 Å². The summed E-state index contributed by atoms with van der Waals surface area (Å²) in [6, 6.07) is 27.1. The lowest BCUT2D eigenvalue weighted by molar-refractivity contribution is -0.158. The molecule has 0 aromatic heterocycles. The number of ether oxygens (including phenoxy) is 4. The van der Waals surface area contributed by atoms with Crippen LogP contribution in [0.3, 0.4) is 0 Å². The van der Waals surface area contributed by atoms with Crippen molar-refractivity contribution in [3.63, 3.8) is 0 Å². The van der Waals surface area contributed by atoms with Crippen molar-refractivity contribution in [2.24, 2.45) is 5.92 Å². The van der Waals surface area contributed by atoms with Crippen LogP contribution in [0, 0.1) is 5.92 Å². The van der Waals surface area contributed by atoms with Gasteiger partial charge in [-0.25, -0.2) is 9.69 Å². The summed E-state index contributed by atoms with van der Waals surface area (Å²) in [5.41, 5.74) is 2.53. The highest BCUT2D eigenvalue weighted by molar-refractivity contribution is 6.04. The molecule has 4 atom stereocenters. The summed E-state index contributed by atoms with van der Waals surface area (Å²) in [6.07, 6.45) is -0.162. The molecule has 11 nitrogen and oxygen atoms in total. The molecule has 1 saturated heterocycles. The quantitative estimate of drug-likeness (QED) is 0.103. The Kier molecular flexibility index (Phi) is 15.0. The molecule has 1 fully saturated rings. The minimum atomic E-state index is -1.61. The maximum atomic E-state index is 14.2. The van der Waals surface area contributed by atoms with Crippen LogP contribution in [-0.4, -0.2) is 84.2 Å². The molecule has 0 saturated carbocycles. The van der Waals surface area contributed by atoms with Gasteiger partial charge in [-0.1, -0.05) is 91.0 Å². The van der Waals surface area contributed by atoms with Crippen LogP contribution < -0.4 is 0 Å². The molecule has 3 aromatic rings. The van der Waals surface area contributed by atoms with Gasteiger partial charge in [-0.2, -0.15) is 0 Å². The van der Waals surface area contributed by atoms with Gasteiger partial charge in [0.25, 0.3) is 0 Å². The number of rotatable bonds is 20. The van der Waals surface area contributed by atoms with Gasteiger partial charge in [0.2, 0.25) is 5.91 Å². The monoisotopic (exact) mass is 685 g/mol. The number of imide groups is 1. The topological polar surface area (TPSA) is 146 Å². The second kappa shape index (κ2) is 19.9. The maximum Gasteiger partial charge on any atom is 0.416 e. The predicted molar refractivity (Wildman–Crippen MR) is 183 cm³/mol. The number of aliphatic hydroxyl groups is 1. The number of hydrogen-bond acceptors (Lipinski definition) is 10. The van der Waals surface area contributed by atoms with Crippen LogP contribution in [0.1, 0.15) is 36.5 Å². The van der Waals surface area contributed by atoms with Crippen LogP contribution in [0.25, 0.3) is 0 Å². The molecule has 11 heteroatoms. The number of aliphatic hydroxyl groups excluding tert-OH is 1. The first-order valence-corrected chi connectivity index (χ1v) is 16.6. The molecule has 0 spiro atoms. The van der Waals surface area contributed by atoms with Gasteiger partial charge in [0, 0.05) is 20.0 Å². The summed E-state index contributed by atoms with van der Waals surface area (Å²) in [4.78, 5) is 66.5. The lowest BCUT2D eigenvalue weighted by atomic mass is 9.89. The van der Waals surface area contributed by atoms with Gasteiger partial charge in [0.15, 0.2) is 17.7 Å². The Morgan fingerprint density at radius 3 is 2.14 bits per heavy atom. The van der Waals surface area contributed by atoms with Crippen LogP contribution in [-0.2, 0) is 57.6 Å². The largest absolute Gasteiger partial charge is 0.453 e. The van der Waals surface area contributed by atoms with Crippen molar-refractivity contribution >= 4 is 29.5 Å². The Morgan fingerprint density at radius 1 is 0.900 bits per heavy atom. The standard InChI is InChI=1S/C39H43NO10/c1-28(42)50-37(36(44)20-19-33(43)18-11-21-47-27-34(24-41)48-25-31-16-9-4-10-17-31)35(23-30-14-7-3-8-15-30)38(45)40-32(26-49-39(40)46)22-29-12-5-2-6-13-29/h2-10,12-17,19-20,32,34-35,37,41H,11,18,21-27H2,1H3. The molecule has 50 heavy (non-hydrogen) atoms. The SMILES string of the molecule is CC(=O)OC(C(=O)C=CC(=O)CCCOCC(CO)OCc1ccccc1)C(Cc1ccccc1)C(=O)N1C(=O)OCC1Cc1ccccc1. The third kappa shape index (κ3) is 11.9. The zero-order valence-electron chi connectivity index (χ0n) is 28.1. The number of carbonyl (C=O) groups excluding carboxylic acids is 5. The maximum absolute atomic E-state index is 14.2. The third-order valence-corrected chi connectivity index (χ3v) is 8.05. The first-order valence-electron chi connectivity index (χ1n) is 16.6. The number of carbonyl (C=O) groups is 5. The molecule has 4 rings (SSSR count). The van der Waals surface area contributed by atoms with Gasteiger partial charge in [0.1, 0.15) is 12.7 Å². The number of hydrogen-bond donors (Lipinski definition) is 1. The highest BCUT2D eigenvalue weighted by Gasteiger charge is 2.45. The molecule has 1 aliphatic rings. The summed E-state index contributed by atoms with van der Waals surface area (Å²) in [7, 11) is 0. The second-order valence-electron chi connectivity index (χ2n) is 11.9. The molecule has 264 valence electrons. The molecule has 1 heterocycles. The normalized spacial score (nSPS) is 16.1. The van der Waals surface area contributed by atoms with Crippen LogP contribution >= 0.6 is 0 Å². The Balaban J connectivity index is 1.39. The summed E-state index contributed by atoms with van der Waals surface area (Å²) in [5.74, 6) is -3.95. The van der Waals surface area contributed by atoms with E-state index in [4.69, 9.17) is 18.9 Å². The number of benzene rings is 3. The number of ketones is 2. The first-order chi connectivity index (χ1) is 24.2. The van der Waals surface area contributed by atoms with E-state index in [-0.39, 0.29) is 45.1 Å². The highest BCUT2D eigenvalue weighted by atomic mass is 16.6. The molecule has 2 amide bonds. The van der Waals surface area contributed by atoms with Crippen LogP contribution in [0.15, 0.2) is 103 Å². The molecule has 0 aliphatic carbocycles. The Bertz CT molecular complexity index is 1580. The average Bonchev–Trinajstić information content (AvgIpc) is 3.49. The van der Waals surface area contributed by atoms with E-state index < -0.39 is 47.9 Å². The molecule has 1 aliphatic heterocycles. The number of amides is 2. The second-order valence-corrected chi connectivity index (χ2v) is 11.9. The Morgan fingerprint density at radius 2 is 1.52 bits per heavy atom. The van der Waals surface area contributed by atoms with E-state index in [9.17, 15) is 29.1 Å². The lowest BCUT2D eigenvalue weighted by Crippen LogP contribution is -2.49. The van der Waals surface area contributed by atoms with Crippen LogP contribution in [0.5, 0.6) is 0 Å². The summed E-state index contributed by atoms with van der Waals surface area (Å²) in [6.45, 7) is 1.57. The fourth-order valence-electron chi connectivity index (χ4n) is 5.51. The highest BCUT2D eigenvalue weighted by Crippen LogP contribution is 2.26.